The fraction of sp³-hybridized carbons (Fsp3) is 0.571. The molecule has 1 aromatic carbocycles. The topological polar surface area (TPSA) is 23.5 Å². The monoisotopic (exact) mass is 285 g/mol. The molecule has 1 aliphatic rings. The molecule has 0 radical (unpaired) electrons. The molecule has 0 bridgehead atoms. The summed E-state index contributed by atoms with van der Waals surface area (Å²) in [5, 5.41) is 11.0. The Morgan fingerprint density at radius 2 is 2.33 bits per heavy atom. The minimum Gasteiger partial charge on any atom is -0.389 e. The zero-order chi connectivity index (χ0) is 13.1. The van der Waals surface area contributed by atoms with Crippen LogP contribution in [0.2, 0.25) is 5.02 Å². The summed E-state index contributed by atoms with van der Waals surface area (Å²) < 4.78 is 0. The molecule has 2 nitrogen and oxygen atoms in total. The van der Waals surface area contributed by atoms with Gasteiger partial charge in [0.25, 0.3) is 0 Å². The maximum absolute atomic E-state index is 9.55. The Labute approximate surface area is 118 Å². The van der Waals surface area contributed by atoms with Crippen LogP contribution >= 0.6 is 23.4 Å². The lowest BCUT2D eigenvalue weighted by Gasteiger charge is -2.34. The molecule has 1 fully saturated rings. The van der Waals surface area contributed by atoms with Crippen LogP contribution in [-0.4, -0.2) is 29.2 Å². The van der Waals surface area contributed by atoms with E-state index in [-0.39, 0.29) is 0 Å². The third-order valence-electron chi connectivity index (χ3n) is 3.39. The van der Waals surface area contributed by atoms with Crippen molar-refractivity contribution in [2.45, 2.75) is 31.6 Å². The van der Waals surface area contributed by atoms with E-state index >= 15 is 0 Å². The predicted octanol–water partition coefficient (Wildman–Crippen LogP) is 3.73. The second-order valence-corrected chi connectivity index (χ2v) is 6.55. The van der Waals surface area contributed by atoms with Crippen molar-refractivity contribution < 1.29 is 5.11 Å². The number of nitrogens with zero attached hydrogens (tertiary/aromatic N) is 1. The zero-order valence-electron chi connectivity index (χ0n) is 10.9. The lowest BCUT2D eigenvalue weighted by Crippen LogP contribution is -2.37. The van der Waals surface area contributed by atoms with Crippen LogP contribution in [0.4, 0.5) is 5.69 Å². The van der Waals surface area contributed by atoms with Gasteiger partial charge >= 0.3 is 0 Å². The maximum Gasteiger partial charge on any atom is 0.0762 e. The van der Waals surface area contributed by atoms with Crippen LogP contribution in [0, 0.1) is 0 Å². The number of anilines is 1. The average Bonchev–Trinajstić information content (AvgIpc) is 2.38. The number of halogens is 1. The number of rotatable bonds is 3. The van der Waals surface area contributed by atoms with Crippen molar-refractivity contribution in [2.24, 2.45) is 0 Å². The van der Waals surface area contributed by atoms with Gasteiger partial charge in [0.15, 0.2) is 0 Å². The predicted molar refractivity (Wildman–Crippen MR) is 80.8 cm³/mol. The zero-order valence-corrected chi connectivity index (χ0v) is 12.5. The first-order valence-corrected chi connectivity index (χ1v) is 7.88. The van der Waals surface area contributed by atoms with E-state index in [0.29, 0.717) is 5.25 Å². The van der Waals surface area contributed by atoms with Crippen molar-refractivity contribution >= 4 is 29.1 Å². The first kappa shape index (κ1) is 14.0. The van der Waals surface area contributed by atoms with Gasteiger partial charge in [-0.15, -0.1) is 0 Å². The largest absolute Gasteiger partial charge is 0.389 e. The number of hydrogen-bond acceptors (Lipinski definition) is 3. The number of aliphatic hydroxyl groups excluding tert-OH is 1. The van der Waals surface area contributed by atoms with Crippen molar-refractivity contribution in [3.8, 4) is 0 Å². The van der Waals surface area contributed by atoms with Gasteiger partial charge in [-0.05, 0) is 31.0 Å². The normalized spacial score (nSPS) is 22.0. The summed E-state index contributed by atoms with van der Waals surface area (Å²) in [6.07, 6.45) is 0.738. The van der Waals surface area contributed by atoms with E-state index in [2.05, 4.69) is 23.6 Å². The molecule has 18 heavy (non-hydrogen) atoms. The number of benzene rings is 1. The molecule has 100 valence electrons. The van der Waals surface area contributed by atoms with Gasteiger partial charge in [0.2, 0.25) is 0 Å². The maximum atomic E-state index is 9.55. The van der Waals surface area contributed by atoms with Crippen LogP contribution in [0.15, 0.2) is 18.2 Å². The van der Waals surface area contributed by atoms with E-state index in [1.165, 1.54) is 6.42 Å². The molecule has 1 aromatic rings. The first-order valence-electron chi connectivity index (χ1n) is 6.46. The van der Waals surface area contributed by atoms with Gasteiger partial charge in [0.05, 0.1) is 16.8 Å². The minimum absolute atomic E-state index is 0.461. The molecule has 2 rings (SSSR count). The summed E-state index contributed by atoms with van der Waals surface area (Å²) in [5.74, 6) is 1.16. The summed E-state index contributed by atoms with van der Waals surface area (Å²) in [7, 11) is 0. The van der Waals surface area contributed by atoms with Crippen LogP contribution in [0.3, 0.4) is 0 Å². The Bertz CT molecular complexity index is 411. The van der Waals surface area contributed by atoms with Crippen molar-refractivity contribution in [3.05, 3.63) is 28.8 Å². The SMILES string of the molecule is CCC1CN(c2ccc(C(C)O)cc2Cl)CCS1. The molecule has 0 spiro atoms. The van der Waals surface area contributed by atoms with Crippen molar-refractivity contribution in [2.75, 3.05) is 23.7 Å². The van der Waals surface area contributed by atoms with Crippen LogP contribution in [0.5, 0.6) is 0 Å². The molecule has 0 aromatic heterocycles. The van der Waals surface area contributed by atoms with Crippen LogP contribution in [-0.2, 0) is 0 Å². The third kappa shape index (κ3) is 3.14. The molecule has 2 atom stereocenters. The second-order valence-electron chi connectivity index (χ2n) is 4.73. The molecule has 0 saturated carbocycles. The molecular formula is C14H20ClNOS. The Kier molecular flexibility index (Phi) is 4.82. The lowest BCUT2D eigenvalue weighted by molar-refractivity contribution is 0.199. The number of thioether (sulfide) groups is 1. The molecule has 2 unspecified atom stereocenters. The fourth-order valence-electron chi connectivity index (χ4n) is 2.22. The van der Waals surface area contributed by atoms with E-state index in [4.69, 9.17) is 11.6 Å². The van der Waals surface area contributed by atoms with E-state index in [9.17, 15) is 5.11 Å². The standard InChI is InChI=1S/C14H20ClNOS/c1-3-12-9-16(6-7-18-12)14-5-4-11(10(2)17)8-13(14)15/h4-5,8,10,12,17H,3,6-7,9H2,1-2H3. The third-order valence-corrected chi connectivity index (χ3v) is 5.06. The van der Waals surface area contributed by atoms with Crippen LogP contribution < -0.4 is 4.90 Å². The highest BCUT2D eigenvalue weighted by molar-refractivity contribution is 8.00. The first-order chi connectivity index (χ1) is 8.61. The summed E-state index contributed by atoms with van der Waals surface area (Å²) in [4.78, 5) is 2.36. The molecule has 1 saturated heterocycles. The molecule has 0 aliphatic carbocycles. The van der Waals surface area contributed by atoms with Gasteiger partial charge in [-0.1, -0.05) is 24.6 Å². The fourth-order valence-corrected chi connectivity index (χ4v) is 3.71. The van der Waals surface area contributed by atoms with Crippen LogP contribution in [0.1, 0.15) is 31.9 Å². The molecule has 1 N–H and O–H groups in total. The van der Waals surface area contributed by atoms with Gasteiger partial charge in [0.1, 0.15) is 0 Å². The number of hydrogen-bond donors (Lipinski definition) is 1. The Morgan fingerprint density at radius 3 is 2.94 bits per heavy atom. The van der Waals surface area contributed by atoms with Gasteiger partial charge < -0.3 is 10.0 Å². The highest BCUT2D eigenvalue weighted by atomic mass is 35.5. The Morgan fingerprint density at radius 1 is 1.56 bits per heavy atom. The highest BCUT2D eigenvalue weighted by Crippen LogP contribution is 2.32. The Balaban J connectivity index is 2.17. The van der Waals surface area contributed by atoms with Crippen LogP contribution in [0.25, 0.3) is 0 Å². The van der Waals surface area contributed by atoms with Gasteiger partial charge in [0, 0.05) is 24.1 Å². The van der Waals surface area contributed by atoms with Crippen molar-refractivity contribution in [1.29, 1.82) is 0 Å². The average molecular weight is 286 g/mol. The van der Waals surface area contributed by atoms with E-state index < -0.39 is 6.10 Å². The summed E-state index contributed by atoms with van der Waals surface area (Å²) in [6, 6.07) is 5.88. The summed E-state index contributed by atoms with van der Waals surface area (Å²) in [5.41, 5.74) is 1.97. The summed E-state index contributed by atoms with van der Waals surface area (Å²) in [6.45, 7) is 6.11. The molecule has 0 amide bonds. The highest BCUT2D eigenvalue weighted by Gasteiger charge is 2.21. The molecule has 4 heteroatoms. The molecular weight excluding hydrogens is 266 g/mol. The Hall–Kier alpha value is -0.380. The van der Waals surface area contributed by atoms with Gasteiger partial charge in [-0.2, -0.15) is 11.8 Å². The van der Waals surface area contributed by atoms with Gasteiger partial charge in [-0.25, -0.2) is 0 Å². The van der Waals surface area contributed by atoms with Crippen molar-refractivity contribution in [1.82, 2.24) is 0 Å². The molecule has 1 aliphatic heterocycles. The van der Waals surface area contributed by atoms with E-state index in [1.54, 1.807) is 6.92 Å². The minimum atomic E-state index is -0.461. The van der Waals surface area contributed by atoms with E-state index in [0.717, 1.165) is 35.1 Å². The molecule has 1 heterocycles. The van der Waals surface area contributed by atoms with E-state index in [1.807, 2.05) is 18.2 Å². The smallest absolute Gasteiger partial charge is 0.0762 e. The van der Waals surface area contributed by atoms with Gasteiger partial charge in [-0.3, -0.25) is 0 Å². The lowest BCUT2D eigenvalue weighted by atomic mass is 10.1. The number of aliphatic hydroxyl groups is 1. The second kappa shape index (κ2) is 6.18. The van der Waals surface area contributed by atoms with Crippen molar-refractivity contribution in [3.63, 3.8) is 0 Å². The quantitative estimate of drug-likeness (QED) is 0.915. The summed E-state index contributed by atoms with van der Waals surface area (Å²) >= 11 is 8.39.